The minimum absolute atomic E-state index is 0.203. The Balaban J connectivity index is 1.60. The zero-order valence-corrected chi connectivity index (χ0v) is 13.5. The average molecular weight is 328 g/mol. The molecule has 24 heavy (non-hydrogen) atoms. The van der Waals surface area contributed by atoms with Crippen LogP contribution in [0.2, 0.25) is 0 Å². The molecule has 1 aromatic heterocycles. The zero-order chi connectivity index (χ0) is 16.9. The number of carbonyl (C=O) groups is 1. The van der Waals surface area contributed by atoms with Crippen molar-refractivity contribution in [2.75, 3.05) is 31.1 Å². The van der Waals surface area contributed by atoms with Crippen LogP contribution in [0.4, 0.5) is 10.2 Å². The molecule has 1 amide bonds. The van der Waals surface area contributed by atoms with Crippen LogP contribution in [0.25, 0.3) is 0 Å². The molecule has 0 unspecified atom stereocenters. The summed E-state index contributed by atoms with van der Waals surface area (Å²) in [6.07, 6.45) is 2.55. The predicted molar refractivity (Wildman–Crippen MR) is 91.3 cm³/mol. The van der Waals surface area contributed by atoms with Crippen LogP contribution in [0, 0.1) is 5.82 Å². The van der Waals surface area contributed by atoms with Gasteiger partial charge in [-0.1, -0.05) is 12.1 Å². The van der Waals surface area contributed by atoms with Gasteiger partial charge < -0.3 is 10.6 Å². The molecule has 0 spiro atoms. The molecule has 0 bridgehead atoms. The molecule has 0 atom stereocenters. The van der Waals surface area contributed by atoms with Crippen LogP contribution in [-0.2, 0) is 6.54 Å². The summed E-state index contributed by atoms with van der Waals surface area (Å²) in [5.74, 6) is 0.199. The van der Waals surface area contributed by atoms with Gasteiger partial charge in [0.25, 0.3) is 0 Å². The maximum Gasteiger partial charge on any atom is 0.250 e. The Morgan fingerprint density at radius 1 is 1.08 bits per heavy atom. The van der Waals surface area contributed by atoms with Crippen molar-refractivity contribution in [3.8, 4) is 0 Å². The van der Waals surface area contributed by atoms with Crippen molar-refractivity contribution in [2.24, 2.45) is 5.73 Å². The number of halogens is 1. The summed E-state index contributed by atoms with van der Waals surface area (Å²) in [4.78, 5) is 20.1. The summed E-state index contributed by atoms with van der Waals surface area (Å²) in [6.45, 7) is 4.51. The minimum Gasteiger partial charge on any atom is -0.366 e. The first-order valence-electron chi connectivity index (χ1n) is 8.09. The Morgan fingerprint density at radius 2 is 1.88 bits per heavy atom. The summed E-state index contributed by atoms with van der Waals surface area (Å²) >= 11 is 0. The third-order valence-corrected chi connectivity index (χ3v) is 4.26. The van der Waals surface area contributed by atoms with Crippen LogP contribution in [0.5, 0.6) is 0 Å². The third kappa shape index (κ3) is 4.08. The smallest absolute Gasteiger partial charge is 0.250 e. The standard InChI is InChI=1S/C18H21FN4O/c19-16-5-2-14(3-6-16)13-22-8-1-9-23(11-10-22)17-7-4-15(12-21-17)18(20)24/h2-7,12H,1,8-11,13H2,(H2,20,24). The molecule has 1 fully saturated rings. The topological polar surface area (TPSA) is 62.5 Å². The fourth-order valence-electron chi connectivity index (χ4n) is 2.93. The predicted octanol–water partition coefficient (Wildman–Crippen LogP) is 2.03. The van der Waals surface area contributed by atoms with E-state index in [0.717, 1.165) is 50.5 Å². The van der Waals surface area contributed by atoms with Gasteiger partial charge >= 0.3 is 0 Å². The van der Waals surface area contributed by atoms with Crippen LogP contribution < -0.4 is 10.6 Å². The van der Waals surface area contributed by atoms with Crippen molar-refractivity contribution in [3.05, 3.63) is 59.5 Å². The Labute approximate surface area is 140 Å². The van der Waals surface area contributed by atoms with Gasteiger partial charge in [-0.15, -0.1) is 0 Å². The lowest BCUT2D eigenvalue weighted by Gasteiger charge is -2.23. The lowest BCUT2D eigenvalue weighted by molar-refractivity contribution is 0.1000. The van der Waals surface area contributed by atoms with E-state index in [2.05, 4.69) is 14.8 Å². The zero-order valence-electron chi connectivity index (χ0n) is 13.5. The second-order valence-corrected chi connectivity index (χ2v) is 6.01. The van der Waals surface area contributed by atoms with Gasteiger partial charge in [-0.3, -0.25) is 9.69 Å². The number of hydrogen-bond acceptors (Lipinski definition) is 4. The Kier molecular flexibility index (Phi) is 5.05. The molecular weight excluding hydrogens is 307 g/mol. The summed E-state index contributed by atoms with van der Waals surface area (Å²) in [5, 5.41) is 0. The summed E-state index contributed by atoms with van der Waals surface area (Å²) < 4.78 is 13.0. The number of primary amides is 1. The number of carbonyl (C=O) groups excluding carboxylic acids is 1. The fraction of sp³-hybridized carbons (Fsp3) is 0.333. The second kappa shape index (κ2) is 7.40. The van der Waals surface area contributed by atoms with Crippen LogP contribution in [0.1, 0.15) is 22.3 Å². The molecule has 0 saturated carbocycles. The van der Waals surface area contributed by atoms with Crippen LogP contribution in [0.3, 0.4) is 0 Å². The summed E-state index contributed by atoms with van der Waals surface area (Å²) in [7, 11) is 0. The summed E-state index contributed by atoms with van der Waals surface area (Å²) in [5.41, 5.74) is 6.79. The first-order valence-corrected chi connectivity index (χ1v) is 8.09. The molecule has 3 rings (SSSR count). The van der Waals surface area contributed by atoms with Crippen molar-refractivity contribution < 1.29 is 9.18 Å². The Hall–Kier alpha value is -2.47. The van der Waals surface area contributed by atoms with E-state index in [9.17, 15) is 9.18 Å². The van der Waals surface area contributed by atoms with E-state index in [1.807, 2.05) is 18.2 Å². The van der Waals surface area contributed by atoms with Gasteiger partial charge in [-0.05, 0) is 36.2 Å². The van der Waals surface area contributed by atoms with Crippen molar-refractivity contribution in [3.63, 3.8) is 0 Å². The van der Waals surface area contributed by atoms with E-state index in [0.29, 0.717) is 5.56 Å². The Bertz CT molecular complexity index is 687. The molecule has 1 aromatic carbocycles. The highest BCUT2D eigenvalue weighted by atomic mass is 19.1. The lowest BCUT2D eigenvalue weighted by atomic mass is 10.2. The van der Waals surface area contributed by atoms with Crippen molar-refractivity contribution in [2.45, 2.75) is 13.0 Å². The van der Waals surface area contributed by atoms with Gasteiger partial charge in [-0.2, -0.15) is 0 Å². The number of amides is 1. The van der Waals surface area contributed by atoms with Crippen LogP contribution in [-0.4, -0.2) is 42.0 Å². The fourth-order valence-corrected chi connectivity index (χ4v) is 2.93. The molecule has 1 saturated heterocycles. The highest BCUT2D eigenvalue weighted by Gasteiger charge is 2.16. The van der Waals surface area contributed by atoms with E-state index < -0.39 is 5.91 Å². The normalized spacial score (nSPS) is 16.0. The first-order chi connectivity index (χ1) is 11.6. The number of hydrogen-bond donors (Lipinski definition) is 1. The number of anilines is 1. The monoisotopic (exact) mass is 328 g/mol. The number of benzene rings is 1. The minimum atomic E-state index is -0.463. The molecule has 1 aliphatic rings. The average Bonchev–Trinajstić information content (AvgIpc) is 2.83. The van der Waals surface area contributed by atoms with Crippen molar-refractivity contribution in [1.82, 2.24) is 9.88 Å². The lowest BCUT2D eigenvalue weighted by Crippen LogP contribution is -2.31. The molecule has 1 aliphatic heterocycles. The van der Waals surface area contributed by atoms with Crippen molar-refractivity contribution >= 4 is 11.7 Å². The molecule has 5 nitrogen and oxygen atoms in total. The largest absolute Gasteiger partial charge is 0.366 e. The van der Waals surface area contributed by atoms with Gasteiger partial charge in [0.2, 0.25) is 5.91 Å². The molecule has 6 heteroatoms. The number of pyridine rings is 1. The first kappa shape index (κ1) is 16.4. The molecule has 2 N–H and O–H groups in total. The maximum absolute atomic E-state index is 13.0. The molecule has 2 aromatic rings. The SMILES string of the molecule is NC(=O)c1ccc(N2CCCN(Cc3ccc(F)cc3)CC2)nc1. The van der Waals surface area contributed by atoms with Gasteiger partial charge in [0.05, 0.1) is 5.56 Å². The number of nitrogens with two attached hydrogens (primary N) is 1. The molecule has 0 aliphatic carbocycles. The highest BCUT2D eigenvalue weighted by Crippen LogP contribution is 2.16. The van der Waals surface area contributed by atoms with E-state index in [1.54, 1.807) is 6.07 Å². The second-order valence-electron chi connectivity index (χ2n) is 6.01. The molecular formula is C18H21FN4O. The molecule has 0 radical (unpaired) electrons. The van der Waals surface area contributed by atoms with Crippen LogP contribution in [0.15, 0.2) is 42.6 Å². The highest BCUT2D eigenvalue weighted by molar-refractivity contribution is 5.92. The van der Waals surface area contributed by atoms with Gasteiger partial charge in [0.1, 0.15) is 11.6 Å². The van der Waals surface area contributed by atoms with E-state index >= 15 is 0 Å². The van der Waals surface area contributed by atoms with Gasteiger partial charge in [0, 0.05) is 38.9 Å². The Morgan fingerprint density at radius 3 is 2.54 bits per heavy atom. The maximum atomic E-state index is 13.0. The van der Waals surface area contributed by atoms with Crippen LogP contribution >= 0.6 is 0 Å². The molecule has 126 valence electrons. The van der Waals surface area contributed by atoms with Crippen molar-refractivity contribution in [1.29, 1.82) is 0 Å². The number of rotatable bonds is 4. The van der Waals surface area contributed by atoms with E-state index in [-0.39, 0.29) is 5.82 Å². The number of nitrogens with zero attached hydrogens (tertiary/aromatic N) is 3. The third-order valence-electron chi connectivity index (χ3n) is 4.26. The quantitative estimate of drug-likeness (QED) is 0.933. The van der Waals surface area contributed by atoms with Gasteiger partial charge in [0.15, 0.2) is 0 Å². The molecule has 2 heterocycles. The van der Waals surface area contributed by atoms with E-state index in [1.165, 1.54) is 18.3 Å². The van der Waals surface area contributed by atoms with E-state index in [4.69, 9.17) is 5.73 Å². The summed E-state index contributed by atoms with van der Waals surface area (Å²) in [6, 6.07) is 10.2. The number of aromatic nitrogens is 1. The van der Waals surface area contributed by atoms with Gasteiger partial charge in [-0.25, -0.2) is 9.37 Å².